The smallest absolute Gasteiger partial charge is 0.356 e. The number of nitrogens with zero attached hydrogens (tertiary/aromatic N) is 2. The molecule has 1 aromatic carbocycles. The highest BCUT2D eigenvalue weighted by Gasteiger charge is 2.37. The van der Waals surface area contributed by atoms with Crippen molar-refractivity contribution in [2.45, 2.75) is 5.92 Å². The monoisotopic (exact) mass is 289 g/mol. The van der Waals surface area contributed by atoms with Gasteiger partial charge in [0, 0.05) is 6.07 Å². The number of carboxylic acids is 1. The van der Waals surface area contributed by atoms with Crippen LogP contribution in [0.4, 0.5) is 10.2 Å². The number of hydrogen-bond acceptors (Lipinski definition) is 4. The zero-order valence-corrected chi connectivity index (χ0v) is 10.4. The van der Waals surface area contributed by atoms with Gasteiger partial charge in [-0.15, -0.1) is 0 Å². The van der Waals surface area contributed by atoms with E-state index in [2.05, 4.69) is 10.4 Å². The lowest BCUT2D eigenvalue weighted by atomic mass is 9.96. The van der Waals surface area contributed by atoms with E-state index in [1.165, 1.54) is 12.1 Å². The zero-order valence-electron chi connectivity index (χ0n) is 10.4. The molecule has 0 radical (unpaired) electrons. The highest BCUT2D eigenvalue weighted by molar-refractivity contribution is 6.15. The van der Waals surface area contributed by atoms with E-state index in [1.807, 2.05) is 0 Å². The van der Waals surface area contributed by atoms with E-state index >= 15 is 0 Å². The summed E-state index contributed by atoms with van der Waals surface area (Å²) in [5, 5.41) is 14.9. The molecule has 106 valence electrons. The zero-order chi connectivity index (χ0) is 15.1. The highest BCUT2D eigenvalue weighted by Crippen LogP contribution is 2.27. The Morgan fingerprint density at radius 1 is 1.29 bits per heavy atom. The number of fused-ring (bicyclic) bond motifs is 1. The van der Waals surface area contributed by atoms with Gasteiger partial charge in [0.15, 0.2) is 5.69 Å². The number of benzene rings is 1. The molecule has 2 aromatic rings. The molecule has 0 saturated carbocycles. The van der Waals surface area contributed by atoms with Crippen LogP contribution in [0.15, 0.2) is 30.3 Å². The van der Waals surface area contributed by atoms with E-state index in [4.69, 9.17) is 5.11 Å². The molecule has 1 amide bonds. The van der Waals surface area contributed by atoms with Gasteiger partial charge in [-0.25, -0.2) is 9.18 Å². The fraction of sp³-hybridized carbons (Fsp3) is 0.0769. The summed E-state index contributed by atoms with van der Waals surface area (Å²) in [6, 6.07) is 6.02. The van der Waals surface area contributed by atoms with E-state index in [0.29, 0.717) is 5.56 Å². The number of nitrogens with one attached hydrogen (secondary N) is 1. The predicted octanol–water partition coefficient (Wildman–Crippen LogP) is 1.10. The first kappa shape index (κ1) is 13.0. The molecule has 1 aliphatic rings. The van der Waals surface area contributed by atoms with E-state index in [-0.39, 0.29) is 11.5 Å². The van der Waals surface area contributed by atoms with Crippen LogP contribution in [-0.4, -0.2) is 32.7 Å². The average molecular weight is 289 g/mol. The molecule has 7 nitrogen and oxygen atoms in total. The van der Waals surface area contributed by atoms with Crippen molar-refractivity contribution in [2.24, 2.45) is 0 Å². The van der Waals surface area contributed by atoms with Crippen molar-refractivity contribution in [1.29, 1.82) is 0 Å². The van der Waals surface area contributed by atoms with Gasteiger partial charge in [0.05, 0.1) is 0 Å². The summed E-state index contributed by atoms with van der Waals surface area (Å²) in [6.07, 6.45) is 0. The summed E-state index contributed by atoms with van der Waals surface area (Å²) in [7, 11) is 0. The molecule has 1 aromatic heterocycles. The number of amides is 1. The number of rotatable bonds is 2. The maximum Gasteiger partial charge on any atom is 0.356 e. The van der Waals surface area contributed by atoms with Gasteiger partial charge in [-0.1, -0.05) is 12.1 Å². The Hall–Kier alpha value is -3.03. The van der Waals surface area contributed by atoms with Crippen molar-refractivity contribution in [3.8, 4) is 0 Å². The minimum atomic E-state index is -1.31. The van der Waals surface area contributed by atoms with E-state index in [1.54, 1.807) is 0 Å². The molecule has 2 N–H and O–H groups in total. The summed E-state index contributed by atoms with van der Waals surface area (Å²) >= 11 is 0. The van der Waals surface area contributed by atoms with E-state index < -0.39 is 29.5 Å². The Balaban J connectivity index is 2.04. The van der Waals surface area contributed by atoms with Crippen LogP contribution in [0, 0.1) is 5.82 Å². The van der Waals surface area contributed by atoms with Gasteiger partial charge in [0.25, 0.3) is 5.91 Å². The van der Waals surface area contributed by atoms with Gasteiger partial charge >= 0.3 is 5.97 Å². The SMILES string of the molecule is O=C(O)c1cc2n(n1)C(=O)C(c1ccc(F)cc1)C(=O)N2. The van der Waals surface area contributed by atoms with Crippen molar-refractivity contribution in [1.82, 2.24) is 9.78 Å². The fourth-order valence-corrected chi connectivity index (χ4v) is 2.12. The lowest BCUT2D eigenvalue weighted by Crippen LogP contribution is -2.38. The molecule has 0 spiro atoms. The lowest BCUT2D eigenvalue weighted by Gasteiger charge is -2.21. The normalized spacial score (nSPS) is 17.3. The number of hydrogen-bond donors (Lipinski definition) is 2. The summed E-state index contributed by atoms with van der Waals surface area (Å²) in [5.74, 6) is -4.29. The second-order valence-electron chi connectivity index (χ2n) is 4.44. The van der Waals surface area contributed by atoms with Gasteiger partial charge in [-0.3, -0.25) is 9.59 Å². The van der Waals surface area contributed by atoms with Gasteiger partial charge in [-0.2, -0.15) is 9.78 Å². The second kappa shape index (κ2) is 4.51. The van der Waals surface area contributed by atoms with Crippen LogP contribution in [0.25, 0.3) is 0 Å². The molecule has 3 rings (SSSR count). The van der Waals surface area contributed by atoms with Crippen molar-refractivity contribution < 1.29 is 23.9 Å². The minimum absolute atomic E-state index is 0.000705. The third kappa shape index (κ3) is 2.06. The molecule has 8 heteroatoms. The van der Waals surface area contributed by atoms with Crippen LogP contribution < -0.4 is 5.32 Å². The van der Waals surface area contributed by atoms with Crippen molar-refractivity contribution in [3.05, 3.63) is 47.4 Å². The molecule has 0 saturated heterocycles. The Bertz CT molecular complexity index is 766. The largest absolute Gasteiger partial charge is 0.476 e. The van der Waals surface area contributed by atoms with Gasteiger partial charge in [-0.05, 0) is 17.7 Å². The quantitative estimate of drug-likeness (QED) is 0.806. The van der Waals surface area contributed by atoms with Crippen LogP contribution in [-0.2, 0) is 4.79 Å². The van der Waals surface area contributed by atoms with Gasteiger partial charge in [0.2, 0.25) is 5.91 Å². The Kier molecular flexibility index (Phi) is 2.79. The summed E-state index contributed by atoms with van der Waals surface area (Å²) in [6.45, 7) is 0. The number of halogens is 1. The van der Waals surface area contributed by atoms with Crippen LogP contribution in [0.5, 0.6) is 0 Å². The van der Waals surface area contributed by atoms with Gasteiger partial charge in [0.1, 0.15) is 17.6 Å². The number of aromatic carboxylic acids is 1. The summed E-state index contributed by atoms with van der Waals surface area (Å²) in [4.78, 5) is 35.2. The van der Waals surface area contributed by atoms with Crippen LogP contribution in [0.1, 0.15) is 26.8 Å². The lowest BCUT2D eigenvalue weighted by molar-refractivity contribution is -0.117. The molecule has 0 aliphatic carbocycles. The molecule has 1 unspecified atom stereocenters. The third-order valence-corrected chi connectivity index (χ3v) is 3.10. The first-order chi connectivity index (χ1) is 9.97. The highest BCUT2D eigenvalue weighted by atomic mass is 19.1. The third-order valence-electron chi connectivity index (χ3n) is 3.10. The first-order valence-corrected chi connectivity index (χ1v) is 5.91. The van der Waals surface area contributed by atoms with Crippen molar-refractivity contribution in [2.75, 3.05) is 5.32 Å². The Labute approximate surface area is 117 Å². The van der Waals surface area contributed by atoms with E-state index in [9.17, 15) is 18.8 Å². The predicted molar refractivity (Wildman–Crippen MR) is 67.6 cm³/mol. The molecule has 1 atom stereocenters. The maximum atomic E-state index is 12.9. The molecule has 2 heterocycles. The topological polar surface area (TPSA) is 101 Å². The molecular formula is C13H8FN3O4. The van der Waals surface area contributed by atoms with Gasteiger partial charge < -0.3 is 10.4 Å². The van der Waals surface area contributed by atoms with Crippen molar-refractivity contribution in [3.63, 3.8) is 0 Å². The first-order valence-electron chi connectivity index (χ1n) is 5.91. The number of carboxylic acid groups (broad SMARTS) is 1. The van der Waals surface area contributed by atoms with Crippen LogP contribution in [0.2, 0.25) is 0 Å². The molecule has 0 bridgehead atoms. The number of carbonyl (C=O) groups is 3. The number of anilines is 1. The standard InChI is InChI=1S/C13H8FN3O4/c14-7-3-1-6(2-4-7)10-11(18)15-9-5-8(13(20)21)16-17(9)12(10)19/h1-5,10H,(H,15,18)(H,20,21). The summed E-state index contributed by atoms with van der Waals surface area (Å²) < 4.78 is 13.7. The maximum absolute atomic E-state index is 12.9. The summed E-state index contributed by atoms with van der Waals surface area (Å²) in [5.41, 5.74) is -0.0460. The van der Waals surface area contributed by atoms with Crippen LogP contribution in [0.3, 0.4) is 0 Å². The Morgan fingerprint density at radius 2 is 1.95 bits per heavy atom. The minimum Gasteiger partial charge on any atom is -0.476 e. The molecular weight excluding hydrogens is 281 g/mol. The molecule has 21 heavy (non-hydrogen) atoms. The van der Waals surface area contributed by atoms with Crippen molar-refractivity contribution >= 4 is 23.6 Å². The second-order valence-corrected chi connectivity index (χ2v) is 4.44. The molecule has 1 aliphatic heterocycles. The van der Waals surface area contributed by atoms with E-state index in [0.717, 1.165) is 22.9 Å². The average Bonchev–Trinajstić information content (AvgIpc) is 2.85. The number of aromatic nitrogens is 2. The Morgan fingerprint density at radius 3 is 2.57 bits per heavy atom. The molecule has 0 fully saturated rings. The fourth-order valence-electron chi connectivity index (χ4n) is 2.12. The number of carbonyl (C=O) groups excluding carboxylic acids is 2. The van der Waals surface area contributed by atoms with Crippen LogP contribution >= 0.6 is 0 Å².